The average Bonchev–Trinajstić information content (AvgIpc) is 2.81. The molecule has 0 saturated heterocycles. The van der Waals surface area contributed by atoms with E-state index in [0.29, 0.717) is 16.5 Å². The molecule has 0 radical (unpaired) electrons. The van der Waals surface area contributed by atoms with E-state index in [2.05, 4.69) is 4.99 Å². The van der Waals surface area contributed by atoms with Gasteiger partial charge in [0.1, 0.15) is 6.54 Å². The lowest BCUT2D eigenvalue weighted by Crippen LogP contribution is -2.32. The zero-order chi connectivity index (χ0) is 13.0. The molecule has 1 aliphatic heterocycles. The maximum Gasteiger partial charge on any atom is 0.187 e. The molecular formula is C16H9NO2. The van der Waals surface area contributed by atoms with Gasteiger partial charge in [0.2, 0.25) is 0 Å². The van der Waals surface area contributed by atoms with Crippen molar-refractivity contribution in [1.82, 2.24) is 0 Å². The van der Waals surface area contributed by atoms with Gasteiger partial charge in [0.15, 0.2) is 11.6 Å². The van der Waals surface area contributed by atoms with Crippen LogP contribution in [0.15, 0.2) is 41.4 Å². The van der Waals surface area contributed by atoms with Gasteiger partial charge in [0.25, 0.3) is 0 Å². The molecule has 0 aromatic heterocycles. The Labute approximate surface area is 108 Å². The number of nitrogens with zero attached hydrogens (tertiary/aromatic N) is 1. The summed E-state index contributed by atoms with van der Waals surface area (Å²) in [5.41, 5.74) is 3.23. The first-order valence-electron chi connectivity index (χ1n) is 6.12. The number of carbonyl (C=O) groups excluding carboxylic acids is 2. The highest BCUT2D eigenvalue weighted by Crippen LogP contribution is 2.24. The highest BCUT2D eigenvalue weighted by molar-refractivity contribution is 6.22. The Balaban J connectivity index is 2.18. The molecule has 0 amide bonds. The van der Waals surface area contributed by atoms with Gasteiger partial charge in [-0.1, -0.05) is 30.3 Å². The number of fused-ring (bicyclic) bond motifs is 5. The van der Waals surface area contributed by atoms with E-state index in [1.807, 2.05) is 36.4 Å². The summed E-state index contributed by atoms with van der Waals surface area (Å²) in [7, 11) is 0. The Hall–Kier alpha value is -2.55. The largest absolute Gasteiger partial charge is 0.292 e. The molecule has 0 saturated carbocycles. The summed E-state index contributed by atoms with van der Waals surface area (Å²) in [6.45, 7) is 0.190. The monoisotopic (exact) mass is 247 g/mol. The molecule has 0 spiro atoms. The third-order valence-electron chi connectivity index (χ3n) is 3.66. The van der Waals surface area contributed by atoms with Crippen LogP contribution in [-0.2, 0) is 0 Å². The number of rotatable bonds is 0. The average molecular weight is 247 g/mol. The van der Waals surface area contributed by atoms with Crippen LogP contribution in [0.1, 0.15) is 20.7 Å². The van der Waals surface area contributed by atoms with Crippen LogP contribution in [0, 0.1) is 0 Å². The van der Waals surface area contributed by atoms with Crippen molar-refractivity contribution in [2.45, 2.75) is 0 Å². The predicted molar refractivity (Wildman–Crippen MR) is 70.7 cm³/mol. The van der Waals surface area contributed by atoms with Gasteiger partial charge in [0, 0.05) is 16.3 Å². The maximum atomic E-state index is 12.1. The van der Waals surface area contributed by atoms with Gasteiger partial charge in [-0.3, -0.25) is 14.6 Å². The fraction of sp³-hybridized carbons (Fsp3) is 0.0625. The van der Waals surface area contributed by atoms with Crippen molar-refractivity contribution in [3.8, 4) is 11.1 Å². The fourth-order valence-corrected chi connectivity index (χ4v) is 2.76. The zero-order valence-corrected chi connectivity index (χ0v) is 10.0. The van der Waals surface area contributed by atoms with E-state index in [1.165, 1.54) is 0 Å². The molecule has 0 fully saturated rings. The van der Waals surface area contributed by atoms with E-state index in [0.717, 1.165) is 16.3 Å². The van der Waals surface area contributed by atoms with Crippen molar-refractivity contribution < 1.29 is 9.59 Å². The van der Waals surface area contributed by atoms with Crippen LogP contribution in [0.25, 0.3) is 17.2 Å². The van der Waals surface area contributed by atoms with Crippen LogP contribution >= 0.6 is 0 Å². The number of benzene rings is 2. The SMILES string of the molecule is O=C1C=c2c(ccc3c2=NCC3=O)-c2ccccc21. The molecule has 1 aliphatic carbocycles. The number of carbonyl (C=O) groups is 2. The second-order valence-electron chi connectivity index (χ2n) is 4.72. The number of Topliss-reactive ketones (excluding diaryl/α,β-unsaturated/α-hetero) is 2. The van der Waals surface area contributed by atoms with Gasteiger partial charge >= 0.3 is 0 Å². The van der Waals surface area contributed by atoms with E-state index < -0.39 is 0 Å². The van der Waals surface area contributed by atoms with E-state index >= 15 is 0 Å². The summed E-state index contributed by atoms with van der Waals surface area (Å²) in [5.74, 6) is 0.00329. The molecule has 2 aromatic rings. The second kappa shape index (κ2) is 3.48. The summed E-state index contributed by atoms with van der Waals surface area (Å²) in [6.07, 6.45) is 1.60. The maximum absolute atomic E-state index is 12.1. The Morgan fingerprint density at radius 1 is 0.842 bits per heavy atom. The minimum atomic E-state index is -0.0222. The fourth-order valence-electron chi connectivity index (χ4n) is 2.76. The Kier molecular flexibility index (Phi) is 1.90. The first-order chi connectivity index (χ1) is 9.25. The van der Waals surface area contributed by atoms with Crippen molar-refractivity contribution >= 4 is 17.6 Å². The molecule has 0 atom stereocenters. The summed E-state index contributed by atoms with van der Waals surface area (Å²) in [5, 5.41) is 1.46. The van der Waals surface area contributed by atoms with Crippen LogP contribution in [0.4, 0.5) is 0 Å². The Morgan fingerprint density at radius 2 is 1.58 bits per heavy atom. The molecule has 2 aliphatic rings. The van der Waals surface area contributed by atoms with Crippen molar-refractivity contribution in [2.24, 2.45) is 4.99 Å². The standard InChI is InChI=1S/C16H9NO2/c18-14-7-13-10(9-3-1-2-4-11(9)14)5-6-12-15(19)8-17-16(12)13/h1-7H,8H2. The summed E-state index contributed by atoms with van der Waals surface area (Å²) >= 11 is 0. The number of hydrogen-bond donors (Lipinski definition) is 0. The van der Waals surface area contributed by atoms with Crippen LogP contribution in [-0.4, -0.2) is 18.1 Å². The topological polar surface area (TPSA) is 46.5 Å². The van der Waals surface area contributed by atoms with Crippen molar-refractivity contribution in [3.05, 3.63) is 58.1 Å². The Morgan fingerprint density at radius 3 is 2.42 bits per heavy atom. The molecular weight excluding hydrogens is 238 g/mol. The van der Waals surface area contributed by atoms with Gasteiger partial charge in [0.05, 0.1) is 5.36 Å². The third kappa shape index (κ3) is 1.30. The lowest BCUT2D eigenvalue weighted by Gasteiger charge is -2.13. The molecule has 1 heterocycles. The zero-order valence-electron chi connectivity index (χ0n) is 10.0. The quantitative estimate of drug-likeness (QED) is 0.701. The molecule has 0 N–H and O–H groups in total. The summed E-state index contributed by atoms with van der Waals surface area (Å²) in [6, 6.07) is 11.3. The van der Waals surface area contributed by atoms with E-state index in [9.17, 15) is 9.59 Å². The molecule has 0 unspecified atom stereocenters. The molecule has 90 valence electrons. The second-order valence-corrected chi connectivity index (χ2v) is 4.72. The lowest BCUT2D eigenvalue weighted by molar-refractivity contribution is 0.101. The molecule has 3 heteroatoms. The van der Waals surface area contributed by atoms with Crippen LogP contribution in [0.2, 0.25) is 0 Å². The van der Waals surface area contributed by atoms with Gasteiger partial charge < -0.3 is 0 Å². The van der Waals surface area contributed by atoms with Crippen LogP contribution in [0.3, 0.4) is 0 Å². The molecule has 3 nitrogen and oxygen atoms in total. The van der Waals surface area contributed by atoms with E-state index in [4.69, 9.17) is 0 Å². The smallest absolute Gasteiger partial charge is 0.187 e. The van der Waals surface area contributed by atoms with Gasteiger partial charge in [-0.15, -0.1) is 0 Å². The normalized spacial score (nSPS) is 15.2. The first-order valence-corrected chi connectivity index (χ1v) is 6.12. The number of hydrogen-bond acceptors (Lipinski definition) is 3. The van der Waals surface area contributed by atoms with E-state index in [-0.39, 0.29) is 18.1 Å². The molecule has 0 bridgehead atoms. The number of ketones is 2. The van der Waals surface area contributed by atoms with Gasteiger partial charge in [-0.2, -0.15) is 0 Å². The molecule has 19 heavy (non-hydrogen) atoms. The summed E-state index contributed by atoms with van der Waals surface area (Å²) in [4.78, 5) is 28.1. The van der Waals surface area contributed by atoms with Gasteiger partial charge in [-0.05, 0) is 23.3 Å². The van der Waals surface area contributed by atoms with Crippen molar-refractivity contribution in [2.75, 3.05) is 6.54 Å². The molecule has 4 rings (SSSR count). The third-order valence-corrected chi connectivity index (χ3v) is 3.66. The van der Waals surface area contributed by atoms with Crippen molar-refractivity contribution in [3.63, 3.8) is 0 Å². The van der Waals surface area contributed by atoms with Crippen LogP contribution in [0.5, 0.6) is 0 Å². The van der Waals surface area contributed by atoms with Crippen LogP contribution < -0.4 is 10.6 Å². The van der Waals surface area contributed by atoms with Gasteiger partial charge in [-0.25, -0.2) is 0 Å². The minimum absolute atomic E-state index is 0.0222. The van der Waals surface area contributed by atoms with E-state index in [1.54, 1.807) is 6.08 Å². The highest BCUT2D eigenvalue weighted by Gasteiger charge is 2.22. The lowest BCUT2D eigenvalue weighted by atomic mass is 9.89. The van der Waals surface area contributed by atoms with Crippen molar-refractivity contribution in [1.29, 1.82) is 0 Å². The predicted octanol–water partition coefficient (Wildman–Crippen LogP) is 1.15. The molecule has 2 aromatic carbocycles. The Bertz CT molecular complexity index is 878. The summed E-state index contributed by atoms with van der Waals surface area (Å²) < 4.78 is 0. The minimum Gasteiger partial charge on any atom is -0.292 e. The highest BCUT2D eigenvalue weighted by atomic mass is 16.1. The first kappa shape index (κ1) is 10.4.